The van der Waals surface area contributed by atoms with Crippen molar-refractivity contribution in [2.24, 2.45) is 0 Å². The van der Waals surface area contributed by atoms with E-state index in [9.17, 15) is 14.4 Å². The Morgan fingerprint density at radius 1 is 1.13 bits per heavy atom. The third-order valence-electron chi connectivity index (χ3n) is 4.77. The van der Waals surface area contributed by atoms with Crippen molar-refractivity contribution in [3.8, 4) is 0 Å². The highest BCUT2D eigenvalue weighted by molar-refractivity contribution is 8.00. The molecule has 2 aromatic rings. The highest BCUT2D eigenvalue weighted by Crippen LogP contribution is 2.36. The Labute approximate surface area is 181 Å². The summed E-state index contributed by atoms with van der Waals surface area (Å²) in [6.45, 7) is 7.74. The Morgan fingerprint density at radius 3 is 2.50 bits per heavy atom. The molecule has 0 fully saturated rings. The van der Waals surface area contributed by atoms with Gasteiger partial charge in [-0.3, -0.25) is 9.59 Å². The van der Waals surface area contributed by atoms with Gasteiger partial charge in [-0.25, -0.2) is 4.79 Å². The molecule has 0 radical (unpaired) electrons. The minimum absolute atomic E-state index is 0.102. The molecule has 0 aliphatic carbocycles. The Hall–Kier alpha value is -2.80. The van der Waals surface area contributed by atoms with Crippen LogP contribution in [-0.4, -0.2) is 40.1 Å². The lowest BCUT2D eigenvalue weighted by Crippen LogP contribution is -2.46. The van der Waals surface area contributed by atoms with E-state index in [4.69, 9.17) is 4.74 Å². The summed E-state index contributed by atoms with van der Waals surface area (Å²) in [6.07, 6.45) is 0. The van der Waals surface area contributed by atoms with Crippen LogP contribution < -0.4 is 5.32 Å². The van der Waals surface area contributed by atoms with Crippen LogP contribution in [0.4, 0.5) is 5.69 Å². The Bertz CT molecular complexity index is 953. The quantitative estimate of drug-likeness (QED) is 0.729. The van der Waals surface area contributed by atoms with Crippen molar-refractivity contribution in [3.63, 3.8) is 0 Å². The molecule has 1 atom stereocenters. The minimum Gasteiger partial charge on any atom is -0.452 e. The van der Waals surface area contributed by atoms with Gasteiger partial charge in [-0.05, 0) is 51.5 Å². The van der Waals surface area contributed by atoms with E-state index >= 15 is 0 Å². The zero-order valence-corrected chi connectivity index (χ0v) is 18.4. The first-order chi connectivity index (χ1) is 14.1. The first-order valence-electron chi connectivity index (χ1n) is 9.78. The summed E-state index contributed by atoms with van der Waals surface area (Å²) < 4.78 is 5.29. The lowest BCUT2D eigenvalue weighted by molar-refractivity contribution is -0.140. The third-order valence-corrected chi connectivity index (χ3v) is 5.94. The van der Waals surface area contributed by atoms with Crippen molar-refractivity contribution in [1.29, 1.82) is 0 Å². The Balaban J connectivity index is 1.66. The molecule has 1 aliphatic rings. The molecular weight excluding hydrogens is 400 g/mol. The average Bonchev–Trinajstić information content (AvgIpc) is 2.70. The van der Waals surface area contributed by atoms with Gasteiger partial charge in [0.1, 0.15) is 0 Å². The van der Waals surface area contributed by atoms with Gasteiger partial charge in [0.05, 0.1) is 16.5 Å². The van der Waals surface area contributed by atoms with Gasteiger partial charge in [-0.1, -0.05) is 30.3 Å². The SMILES string of the molecule is CC1Sc2ccc(C(=O)OCC(=O)N(Cc3ccccc3)C(C)(C)C)cc2NC1=O. The van der Waals surface area contributed by atoms with Crippen molar-refractivity contribution >= 4 is 35.2 Å². The van der Waals surface area contributed by atoms with Gasteiger partial charge in [0.25, 0.3) is 5.91 Å². The second-order valence-electron chi connectivity index (χ2n) is 8.17. The average molecular weight is 427 g/mol. The molecule has 0 aromatic heterocycles. The lowest BCUT2D eigenvalue weighted by Gasteiger charge is -2.35. The fourth-order valence-corrected chi connectivity index (χ4v) is 4.02. The number of hydrogen-bond donors (Lipinski definition) is 1. The number of esters is 1. The van der Waals surface area contributed by atoms with Crippen LogP contribution in [0.5, 0.6) is 0 Å². The molecule has 1 aliphatic heterocycles. The van der Waals surface area contributed by atoms with Crippen LogP contribution in [0, 0.1) is 0 Å². The van der Waals surface area contributed by atoms with Gasteiger partial charge < -0.3 is 15.0 Å². The summed E-state index contributed by atoms with van der Waals surface area (Å²) >= 11 is 1.44. The van der Waals surface area contributed by atoms with E-state index in [1.807, 2.05) is 58.0 Å². The minimum atomic E-state index is -0.599. The van der Waals surface area contributed by atoms with E-state index < -0.39 is 11.5 Å². The van der Waals surface area contributed by atoms with E-state index in [1.165, 1.54) is 11.8 Å². The number of benzene rings is 2. The fraction of sp³-hybridized carbons (Fsp3) is 0.348. The molecule has 2 aromatic carbocycles. The lowest BCUT2D eigenvalue weighted by atomic mass is 10.0. The van der Waals surface area contributed by atoms with Crippen LogP contribution in [0.25, 0.3) is 0 Å². The van der Waals surface area contributed by atoms with Crippen molar-refractivity contribution < 1.29 is 19.1 Å². The van der Waals surface area contributed by atoms with Gasteiger partial charge in [0.15, 0.2) is 6.61 Å². The summed E-state index contributed by atoms with van der Waals surface area (Å²) in [5.41, 5.74) is 1.46. The molecule has 3 rings (SSSR count). The van der Waals surface area contributed by atoms with Crippen LogP contribution in [0.1, 0.15) is 43.6 Å². The maximum absolute atomic E-state index is 12.8. The molecule has 0 saturated heterocycles. The van der Waals surface area contributed by atoms with E-state index in [0.717, 1.165) is 10.5 Å². The van der Waals surface area contributed by atoms with E-state index in [2.05, 4.69) is 5.32 Å². The summed E-state index contributed by atoms with van der Waals surface area (Å²) in [6, 6.07) is 14.7. The predicted octanol–water partition coefficient (Wildman–Crippen LogP) is 4.10. The van der Waals surface area contributed by atoms with Crippen molar-refractivity contribution in [1.82, 2.24) is 4.90 Å². The van der Waals surface area contributed by atoms with Crippen LogP contribution in [-0.2, 0) is 20.9 Å². The fourth-order valence-electron chi connectivity index (χ4n) is 3.09. The second-order valence-corrected chi connectivity index (χ2v) is 9.56. The van der Waals surface area contributed by atoms with Crippen LogP contribution in [0.15, 0.2) is 53.4 Å². The number of nitrogens with zero attached hydrogens (tertiary/aromatic N) is 1. The number of amides is 2. The van der Waals surface area contributed by atoms with Gasteiger partial charge >= 0.3 is 5.97 Å². The smallest absolute Gasteiger partial charge is 0.338 e. The van der Waals surface area contributed by atoms with E-state index in [1.54, 1.807) is 23.1 Å². The molecule has 1 N–H and O–H groups in total. The second kappa shape index (κ2) is 8.92. The predicted molar refractivity (Wildman–Crippen MR) is 117 cm³/mol. The van der Waals surface area contributed by atoms with Gasteiger partial charge in [-0.15, -0.1) is 11.8 Å². The maximum atomic E-state index is 12.8. The number of thioether (sulfide) groups is 1. The highest BCUT2D eigenvalue weighted by atomic mass is 32.2. The number of fused-ring (bicyclic) bond motifs is 1. The summed E-state index contributed by atoms with van der Waals surface area (Å²) in [5.74, 6) is -0.970. The molecule has 6 nitrogen and oxygen atoms in total. The number of hydrogen-bond acceptors (Lipinski definition) is 5. The molecule has 0 bridgehead atoms. The van der Waals surface area contributed by atoms with Gasteiger partial charge in [0, 0.05) is 17.0 Å². The molecule has 1 unspecified atom stereocenters. The number of rotatable bonds is 5. The topological polar surface area (TPSA) is 75.7 Å². The third kappa shape index (κ3) is 5.21. The molecule has 0 saturated carbocycles. The summed E-state index contributed by atoms with van der Waals surface area (Å²) in [4.78, 5) is 39.8. The van der Waals surface area contributed by atoms with Gasteiger partial charge in [-0.2, -0.15) is 0 Å². The normalized spacial score (nSPS) is 15.7. The zero-order valence-electron chi connectivity index (χ0n) is 17.6. The van der Waals surface area contributed by atoms with Crippen molar-refractivity contribution in [3.05, 3.63) is 59.7 Å². The van der Waals surface area contributed by atoms with E-state index in [-0.39, 0.29) is 23.7 Å². The number of ether oxygens (including phenoxy) is 1. The summed E-state index contributed by atoms with van der Waals surface area (Å²) in [5, 5.41) is 2.61. The van der Waals surface area contributed by atoms with Crippen LogP contribution >= 0.6 is 11.8 Å². The number of carbonyl (C=O) groups excluding carboxylic acids is 3. The Morgan fingerprint density at radius 2 is 1.83 bits per heavy atom. The van der Waals surface area contributed by atoms with Crippen LogP contribution in [0.2, 0.25) is 0 Å². The Kier molecular flexibility index (Phi) is 6.51. The highest BCUT2D eigenvalue weighted by Gasteiger charge is 2.28. The molecular formula is C23H26N2O4S. The van der Waals surface area contributed by atoms with Crippen LogP contribution in [0.3, 0.4) is 0 Å². The molecule has 30 heavy (non-hydrogen) atoms. The van der Waals surface area contributed by atoms with E-state index in [0.29, 0.717) is 17.8 Å². The van der Waals surface area contributed by atoms with Gasteiger partial charge in [0.2, 0.25) is 5.91 Å². The molecule has 7 heteroatoms. The molecule has 1 heterocycles. The maximum Gasteiger partial charge on any atom is 0.338 e. The largest absolute Gasteiger partial charge is 0.452 e. The number of nitrogens with one attached hydrogen (secondary N) is 1. The molecule has 2 amide bonds. The first-order valence-corrected chi connectivity index (χ1v) is 10.7. The standard InChI is InChI=1S/C23H26N2O4S/c1-15-21(27)24-18-12-17(10-11-19(18)30-15)22(28)29-14-20(26)25(23(2,3)4)13-16-8-6-5-7-9-16/h5-12,15H,13-14H2,1-4H3,(H,24,27). The monoisotopic (exact) mass is 426 g/mol. The molecule has 0 spiro atoms. The van der Waals surface area contributed by atoms with Crippen molar-refractivity contribution in [2.45, 2.75) is 49.9 Å². The number of anilines is 1. The first kappa shape index (κ1) is 21.9. The zero-order chi connectivity index (χ0) is 21.9. The number of carbonyl (C=O) groups is 3. The van der Waals surface area contributed by atoms with Crippen molar-refractivity contribution in [2.75, 3.05) is 11.9 Å². The summed E-state index contributed by atoms with van der Waals surface area (Å²) in [7, 11) is 0. The molecule has 158 valence electrons.